The fourth-order valence-corrected chi connectivity index (χ4v) is 3.13. The SMILES string of the molecule is O=C(Nc1ccccc1)c1ccc(-c2ccc(OC3CCNCC3)cc2)o1. The molecule has 0 radical (unpaired) electrons. The molecular formula is C22H22N2O3. The van der Waals surface area contributed by atoms with Crippen molar-refractivity contribution in [2.75, 3.05) is 18.4 Å². The van der Waals surface area contributed by atoms with Crippen molar-refractivity contribution in [1.29, 1.82) is 0 Å². The third-order valence-electron chi connectivity index (χ3n) is 4.59. The fourth-order valence-electron chi connectivity index (χ4n) is 3.13. The van der Waals surface area contributed by atoms with Crippen molar-refractivity contribution in [1.82, 2.24) is 5.32 Å². The van der Waals surface area contributed by atoms with E-state index in [1.54, 1.807) is 6.07 Å². The van der Waals surface area contributed by atoms with E-state index in [1.165, 1.54) is 0 Å². The molecule has 3 aromatic rings. The van der Waals surface area contributed by atoms with E-state index in [9.17, 15) is 4.79 Å². The molecule has 1 saturated heterocycles. The third-order valence-corrected chi connectivity index (χ3v) is 4.59. The average molecular weight is 362 g/mol. The van der Waals surface area contributed by atoms with Gasteiger partial charge in [-0.1, -0.05) is 18.2 Å². The predicted octanol–water partition coefficient (Wildman–Crippen LogP) is 4.33. The molecule has 2 heterocycles. The number of piperidine rings is 1. The predicted molar refractivity (Wildman–Crippen MR) is 105 cm³/mol. The fraction of sp³-hybridized carbons (Fsp3) is 0.227. The van der Waals surface area contributed by atoms with Crippen LogP contribution in [0, 0.1) is 0 Å². The van der Waals surface area contributed by atoms with Gasteiger partial charge in [0.2, 0.25) is 0 Å². The molecule has 5 heteroatoms. The van der Waals surface area contributed by atoms with E-state index in [1.807, 2.05) is 60.7 Å². The molecule has 5 nitrogen and oxygen atoms in total. The summed E-state index contributed by atoms with van der Waals surface area (Å²) < 4.78 is 11.8. The molecule has 0 bridgehead atoms. The highest BCUT2D eigenvalue weighted by molar-refractivity contribution is 6.02. The largest absolute Gasteiger partial charge is 0.490 e. The number of benzene rings is 2. The van der Waals surface area contributed by atoms with E-state index in [0.717, 1.165) is 42.9 Å². The zero-order valence-electron chi connectivity index (χ0n) is 15.0. The van der Waals surface area contributed by atoms with Crippen molar-refractivity contribution in [2.45, 2.75) is 18.9 Å². The second-order valence-electron chi connectivity index (χ2n) is 6.58. The summed E-state index contributed by atoms with van der Waals surface area (Å²) in [7, 11) is 0. The van der Waals surface area contributed by atoms with Crippen LogP contribution in [0.5, 0.6) is 5.75 Å². The highest BCUT2D eigenvalue weighted by Crippen LogP contribution is 2.26. The maximum Gasteiger partial charge on any atom is 0.291 e. The smallest absolute Gasteiger partial charge is 0.291 e. The van der Waals surface area contributed by atoms with E-state index in [2.05, 4.69) is 10.6 Å². The van der Waals surface area contributed by atoms with E-state index < -0.39 is 0 Å². The van der Waals surface area contributed by atoms with E-state index >= 15 is 0 Å². The minimum absolute atomic E-state index is 0.265. The minimum Gasteiger partial charge on any atom is -0.490 e. The van der Waals surface area contributed by atoms with Crippen LogP contribution in [0.15, 0.2) is 71.1 Å². The van der Waals surface area contributed by atoms with E-state index in [-0.39, 0.29) is 17.8 Å². The molecule has 1 aliphatic rings. The Bertz CT molecular complexity index is 881. The highest BCUT2D eigenvalue weighted by atomic mass is 16.5. The number of hydrogen-bond acceptors (Lipinski definition) is 4. The average Bonchev–Trinajstić information content (AvgIpc) is 3.21. The summed E-state index contributed by atoms with van der Waals surface area (Å²) in [6, 6.07) is 20.6. The number of amides is 1. The van der Waals surface area contributed by atoms with Crippen LogP contribution in [-0.4, -0.2) is 25.1 Å². The van der Waals surface area contributed by atoms with Gasteiger partial charge in [-0.25, -0.2) is 0 Å². The summed E-state index contributed by atoms with van der Waals surface area (Å²) in [6.45, 7) is 2.01. The van der Waals surface area contributed by atoms with Crippen molar-refractivity contribution in [3.63, 3.8) is 0 Å². The van der Waals surface area contributed by atoms with Crippen LogP contribution in [0.1, 0.15) is 23.4 Å². The zero-order valence-corrected chi connectivity index (χ0v) is 15.0. The number of anilines is 1. The molecule has 0 saturated carbocycles. The van der Waals surface area contributed by atoms with Crippen LogP contribution in [0.4, 0.5) is 5.69 Å². The molecule has 0 spiro atoms. The zero-order chi connectivity index (χ0) is 18.5. The van der Waals surface area contributed by atoms with Crippen molar-refractivity contribution < 1.29 is 13.9 Å². The minimum atomic E-state index is -0.265. The molecule has 138 valence electrons. The number of carbonyl (C=O) groups is 1. The van der Waals surface area contributed by atoms with Gasteiger partial charge in [-0.05, 0) is 74.5 Å². The highest BCUT2D eigenvalue weighted by Gasteiger charge is 2.15. The number of para-hydroxylation sites is 1. The first-order valence-corrected chi connectivity index (χ1v) is 9.22. The summed E-state index contributed by atoms with van der Waals surface area (Å²) in [4.78, 5) is 12.3. The molecule has 4 rings (SSSR count). The van der Waals surface area contributed by atoms with Gasteiger partial charge in [0.25, 0.3) is 5.91 Å². The normalized spacial score (nSPS) is 14.7. The van der Waals surface area contributed by atoms with Crippen LogP contribution in [-0.2, 0) is 0 Å². The molecule has 1 fully saturated rings. The third kappa shape index (κ3) is 4.38. The Hall–Kier alpha value is -3.05. The number of furan rings is 1. The number of hydrogen-bond donors (Lipinski definition) is 2. The lowest BCUT2D eigenvalue weighted by Gasteiger charge is -2.23. The number of ether oxygens (including phenoxy) is 1. The summed E-state index contributed by atoms with van der Waals surface area (Å²) >= 11 is 0. The maximum absolute atomic E-state index is 12.3. The van der Waals surface area contributed by atoms with Crippen LogP contribution < -0.4 is 15.4 Å². The number of rotatable bonds is 5. The molecule has 1 amide bonds. The van der Waals surface area contributed by atoms with Crippen LogP contribution in [0.2, 0.25) is 0 Å². The number of carbonyl (C=O) groups excluding carboxylic acids is 1. The summed E-state index contributed by atoms with van der Waals surface area (Å²) in [5.74, 6) is 1.53. The van der Waals surface area contributed by atoms with Gasteiger partial charge in [-0.3, -0.25) is 4.79 Å². The molecule has 0 unspecified atom stereocenters. The van der Waals surface area contributed by atoms with Gasteiger partial charge < -0.3 is 19.8 Å². The quantitative estimate of drug-likeness (QED) is 0.709. The first-order chi connectivity index (χ1) is 13.3. The lowest BCUT2D eigenvalue weighted by atomic mass is 10.1. The van der Waals surface area contributed by atoms with Gasteiger partial charge >= 0.3 is 0 Å². The van der Waals surface area contributed by atoms with Gasteiger partial charge in [0.05, 0.1) is 0 Å². The summed E-state index contributed by atoms with van der Waals surface area (Å²) in [5.41, 5.74) is 1.64. The van der Waals surface area contributed by atoms with Crippen LogP contribution >= 0.6 is 0 Å². The maximum atomic E-state index is 12.3. The van der Waals surface area contributed by atoms with Gasteiger partial charge in [0.1, 0.15) is 17.6 Å². The summed E-state index contributed by atoms with van der Waals surface area (Å²) in [6.07, 6.45) is 2.33. The molecule has 0 aliphatic carbocycles. The van der Waals surface area contributed by atoms with Crippen LogP contribution in [0.25, 0.3) is 11.3 Å². The van der Waals surface area contributed by atoms with E-state index in [0.29, 0.717) is 5.76 Å². The molecule has 0 atom stereocenters. The lowest BCUT2D eigenvalue weighted by molar-refractivity contribution is 0.0997. The molecule has 1 aliphatic heterocycles. The first kappa shape index (κ1) is 17.4. The number of nitrogens with one attached hydrogen (secondary N) is 2. The molecule has 2 N–H and O–H groups in total. The monoisotopic (exact) mass is 362 g/mol. The Morgan fingerprint density at radius 1 is 0.963 bits per heavy atom. The Kier molecular flexibility index (Phi) is 5.21. The molecular weight excluding hydrogens is 340 g/mol. The van der Waals surface area contributed by atoms with Crippen LogP contribution in [0.3, 0.4) is 0 Å². The Morgan fingerprint density at radius 2 is 1.70 bits per heavy atom. The lowest BCUT2D eigenvalue weighted by Crippen LogP contribution is -2.34. The second-order valence-corrected chi connectivity index (χ2v) is 6.58. The summed E-state index contributed by atoms with van der Waals surface area (Å²) in [5, 5.41) is 6.15. The van der Waals surface area contributed by atoms with Gasteiger partial charge in [0, 0.05) is 11.3 Å². The van der Waals surface area contributed by atoms with Crippen molar-refractivity contribution in [3.05, 3.63) is 72.5 Å². The van der Waals surface area contributed by atoms with E-state index in [4.69, 9.17) is 9.15 Å². The Morgan fingerprint density at radius 3 is 2.44 bits per heavy atom. The van der Waals surface area contributed by atoms with Crippen molar-refractivity contribution in [3.8, 4) is 17.1 Å². The molecule has 27 heavy (non-hydrogen) atoms. The second kappa shape index (κ2) is 8.10. The standard InChI is InChI=1S/C22H22N2O3/c25-22(24-17-4-2-1-3-5-17)21-11-10-20(27-21)16-6-8-18(9-7-16)26-19-12-14-23-15-13-19/h1-11,19,23H,12-15H2,(H,24,25). The van der Waals surface area contributed by atoms with Crippen molar-refractivity contribution in [2.24, 2.45) is 0 Å². The van der Waals surface area contributed by atoms with Gasteiger partial charge in [0.15, 0.2) is 5.76 Å². The Balaban J connectivity index is 1.41. The molecule has 2 aromatic carbocycles. The van der Waals surface area contributed by atoms with Gasteiger partial charge in [-0.15, -0.1) is 0 Å². The first-order valence-electron chi connectivity index (χ1n) is 9.22. The topological polar surface area (TPSA) is 63.5 Å². The molecule has 1 aromatic heterocycles. The van der Waals surface area contributed by atoms with Crippen molar-refractivity contribution >= 4 is 11.6 Å². The van der Waals surface area contributed by atoms with Gasteiger partial charge in [-0.2, -0.15) is 0 Å². The Labute approximate surface area is 158 Å².